The SMILES string of the molecule is COc1cc(I)cc(C(=O)NCC2CCCN2CCCF)c1OC. The van der Waals surface area contributed by atoms with E-state index in [1.54, 1.807) is 13.2 Å². The Hall–Kier alpha value is -1.09. The van der Waals surface area contributed by atoms with Crippen LogP contribution in [-0.2, 0) is 0 Å². The molecule has 1 heterocycles. The number of nitrogens with zero attached hydrogens (tertiary/aromatic N) is 1. The van der Waals surface area contributed by atoms with E-state index in [4.69, 9.17) is 9.47 Å². The van der Waals surface area contributed by atoms with Crippen molar-refractivity contribution in [3.63, 3.8) is 0 Å². The summed E-state index contributed by atoms with van der Waals surface area (Å²) in [6.07, 6.45) is 2.67. The van der Waals surface area contributed by atoms with Gasteiger partial charge in [-0.3, -0.25) is 14.1 Å². The van der Waals surface area contributed by atoms with Gasteiger partial charge in [-0.15, -0.1) is 0 Å². The van der Waals surface area contributed by atoms with Crippen molar-refractivity contribution in [2.75, 3.05) is 40.5 Å². The van der Waals surface area contributed by atoms with Crippen LogP contribution in [0.1, 0.15) is 29.6 Å². The van der Waals surface area contributed by atoms with Crippen LogP contribution in [0.4, 0.5) is 4.39 Å². The van der Waals surface area contributed by atoms with Gasteiger partial charge in [0.25, 0.3) is 5.91 Å². The van der Waals surface area contributed by atoms with Crippen molar-refractivity contribution in [1.82, 2.24) is 10.2 Å². The number of hydrogen-bond donors (Lipinski definition) is 1. The summed E-state index contributed by atoms with van der Waals surface area (Å²) in [5, 5.41) is 2.99. The molecule has 1 aliphatic heterocycles. The average Bonchev–Trinajstić information content (AvgIpc) is 3.04. The number of halogens is 2. The largest absolute Gasteiger partial charge is 0.493 e. The second-order valence-electron chi connectivity index (χ2n) is 5.77. The van der Waals surface area contributed by atoms with Gasteiger partial charge in [-0.2, -0.15) is 0 Å². The van der Waals surface area contributed by atoms with Crippen LogP contribution < -0.4 is 14.8 Å². The maximum Gasteiger partial charge on any atom is 0.255 e. The second kappa shape index (κ2) is 9.41. The maximum absolute atomic E-state index is 12.6. The van der Waals surface area contributed by atoms with E-state index in [1.165, 1.54) is 7.11 Å². The number of amides is 1. The summed E-state index contributed by atoms with van der Waals surface area (Å²) < 4.78 is 23.9. The first-order chi connectivity index (χ1) is 11.6. The highest BCUT2D eigenvalue weighted by molar-refractivity contribution is 14.1. The Kier molecular flexibility index (Phi) is 7.54. The summed E-state index contributed by atoms with van der Waals surface area (Å²) in [5.41, 5.74) is 0.467. The molecule has 1 aromatic carbocycles. The molecule has 0 aromatic heterocycles. The van der Waals surface area contributed by atoms with E-state index in [0.717, 1.165) is 29.5 Å². The average molecular weight is 450 g/mol. The van der Waals surface area contributed by atoms with E-state index in [0.29, 0.717) is 30.0 Å². The number of benzene rings is 1. The van der Waals surface area contributed by atoms with E-state index in [9.17, 15) is 9.18 Å². The number of carbonyl (C=O) groups excluding carboxylic acids is 1. The second-order valence-corrected chi connectivity index (χ2v) is 7.02. The molecule has 1 fully saturated rings. The first-order valence-electron chi connectivity index (χ1n) is 8.10. The summed E-state index contributed by atoms with van der Waals surface area (Å²) in [6, 6.07) is 3.88. The van der Waals surface area contributed by atoms with Gasteiger partial charge >= 0.3 is 0 Å². The number of hydrogen-bond acceptors (Lipinski definition) is 4. The summed E-state index contributed by atoms with van der Waals surface area (Å²) in [5.74, 6) is 0.803. The molecule has 134 valence electrons. The van der Waals surface area contributed by atoms with Gasteiger partial charge < -0.3 is 14.8 Å². The van der Waals surface area contributed by atoms with Gasteiger partial charge in [0, 0.05) is 22.7 Å². The molecule has 0 aliphatic carbocycles. The van der Waals surface area contributed by atoms with E-state index in [-0.39, 0.29) is 18.6 Å². The van der Waals surface area contributed by atoms with Gasteiger partial charge in [0.15, 0.2) is 11.5 Å². The molecule has 1 N–H and O–H groups in total. The highest BCUT2D eigenvalue weighted by Gasteiger charge is 2.25. The maximum atomic E-state index is 12.6. The third-order valence-corrected chi connectivity index (χ3v) is 4.89. The number of likely N-dealkylation sites (tertiary alicyclic amines) is 1. The first-order valence-corrected chi connectivity index (χ1v) is 9.18. The van der Waals surface area contributed by atoms with Crippen molar-refractivity contribution in [2.24, 2.45) is 0 Å². The smallest absolute Gasteiger partial charge is 0.255 e. The monoisotopic (exact) mass is 450 g/mol. The minimum absolute atomic E-state index is 0.180. The van der Waals surface area contributed by atoms with E-state index < -0.39 is 0 Å². The lowest BCUT2D eigenvalue weighted by Crippen LogP contribution is -2.40. The Morgan fingerprint density at radius 1 is 1.42 bits per heavy atom. The summed E-state index contributed by atoms with van der Waals surface area (Å²) >= 11 is 2.15. The third kappa shape index (κ3) is 4.72. The van der Waals surface area contributed by atoms with Crippen molar-refractivity contribution >= 4 is 28.5 Å². The predicted octanol–water partition coefficient (Wildman–Crippen LogP) is 2.86. The van der Waals surface area contributed by atoms with Gasteiger partial charge in [-0.1, -0.05) is 0 Å². The lowest BCUT2D eigenvalue weighted by molar-refractivity contribution is 0.0936. The van der Waals surface area contributed by atoms with Crippen molar-refractivity contribution in [1.29, 1.82) is 0 Å². The van der Waals surface area contributed by atoms with Crippen LogP contribution in [0.2, 0.25) is 0 Å². The van der Waals surface area contributed by atoms with Crippen LogP contribution in [0, 0.1) is 3.57 Å². The van der Waals surface area contributed by atoms with Gasteiger partial charge in [0.1, 0.15) is 0 Å². The minimum atomic E-state index is -0.297. The van der Waals surface area contributed by atoms with Crippen LogP contribution in [-0.4, -0.2) is 57.4 Å². The van der Waals surface area contributed by atoms with E-state index >= 15 is 0 Å². The lowest BCUT2D eigenvalue weighted by Gasteiger charge is -2.24. The van der Waals surface area contributed by atoms with Gasteiger partial charge in [0.05, 0.1) is 26.5 Å². The zero-order valence-corrected chi connectivity index (χ0v) is 16.3. The number of nitrogens with one attached hydrogen (secondary N) is 1. The van der Waals surface area contributed by atoms with E-state index in [1.807, 2.05) is 6.07 Å². The van der Waals surface area contributed by atoms with Crippen molar-refractivity contribution in [3.8, 4) is 11.5 Å². The fraction of sp³-hybridized carbons (Fsp3) is 0.588. The number of rotatable bonds is 8. The zero-order chi connectivity index (χ0) is 17.5. The van der Waals surface area contributed by atoms with Gasteiger partial charge in [0.2, 0.25) is 0 Å². The lowest BCUT2D eigenvalue weighted by atomic mass is 10.1. The van der Waals surface area contributed by atoms with Crippen LogP contribution in [0.3, 0.4) is 0 Å². The molecule has 1 aromatic rings. The molecule has 1 aliphatic rings. The molecule has 7 heteroatoms. The molecule has 24 heavy (non-hydrogen) atoms. The fourth-order valence-electron chi connectivity index (χ4n) is 3.09. The van der Waals surface area contributed by atoms with Crippen molar-refractivity contribution in [2.45, 2.75) is 25.3 Å². The van der Waals surface area contributed by atoms with Crippen LogP contribution in [0.5, 0.6) is 11.5 Å². The Morgan fingerprint density at radius 2 is 2.21 bits per heavy atom. The topological polar surface area (TPSA) is 50.8 Å². The van der Waals surface area contributed by atoms with Crippen molar-refractivity contribution < 1.29 is 18.7 Å². The standard InChI is InChI=1S/C17H24FIN2O3/c1-23-15-10-12(19)9-14(16(15)24-2)17(22)20-11-13-5-3-7-21(13)8-4-6-18/h9-10,13H,3-8,11H2,1-2H3,(H,20,22). The molecular weight excluding hydrogens is 426 g/mol. The molecule has 1 amide bonds. The summed E-state index contributed by atoms with van der Waals surface area (Å²) in [7, 11) is 3.08. The summed E-state index contributed by atoms with van der Waals surface area (Å²) in [6.45, 7) is 1.98. The Morgan fingerprint density at radius 3 is 2.88 bits per heavy atom. The Labute approximate surface area is 156 Å². The number of carbonyl (C=O) groups is 1. The number of ether oxygens (including phenoxy) is 2. The highest BCUT2D eigenvalue weighted by Crippen LogP contribution is 2.33. The predicted molar refractivity (Wildman–Crippen MR) is 99.8 cm³/mol. The first kappa shape index (κ1) is 19.2. The quantitative estimate of drug-likeness (QED) is 0.620. The van der Waals surface area contributed by atoms with Crippen LogP contribution in [0.15, 0.2) is 12.1 Å². The van der Waals surface area contributed by atoms with E-state index in [2.05, 4.69) is 32.8 Å². The number of alkyl halides is 1. The molecule has 0 spiro atoms. The molecule has 1 saturated heterocycles. The molecule has 5 nitrogen and oxygen atoms in total. The molecular formula is C17H24FIN2O3. The minimum Gasteiger partial charge on any atom is -0.493 e. The summed E-state index contributed by atoms with van der Waals surface area (Å²) in [4.78, 5) is 14.9. The molecule has 0 saturated carbocycles. The van der Waals surface area contributed by atoms with Gasteiger partial charge in [-0.05, 0) is 60.5 Å². The van der Waals surface area contributed by atoms with Crippen LogP contribution >= 0.6 is 22.6 Å². The molecule has 0 bridgehead atoms. The van der Waals surface area contributed by atoms with Gasteiger partial charge in [-0.25, -0.2) is 0 Å². The third-order valence-electron chi connectivity index (χ3n) is 4.26. The molecule has 1 atom stereocenters. The zero-order valence-electron chi connectivity index (χ0n) is 14.1. The molecule has 2 rings (SSSR count). The Bertz CT molecular complexity index is 571. The normalized spacial score (nSPS) is 17.8. The van der Waals surface area contributed by atoms with Crippen molar-refractivity contribution in [3.05, 3.63) is 21.3 Å². The highest BCUT2D eigenvalue weighted by atomic mass is 127. The van der Waals surface area contributed by atoms with Crippen LogP contribution in [0.25, 0.3) is 0 Å². The Balaban J connectivity index is 2.03. The molecule has 1 unspecified atom stereocenters. The number of methoxy groups -OCH3 is 2. The molecule has 0 radical (unpaired) electrons. The fourth-order valence-corrected chi connectivity index (χ4v) is 3.68.